The Balaban J connectivity index is 1.53. The number of halogens is 1. The van der Waals surface area contributed by atoms with E-state index in [9.17, 15) is 14.4 Å². The van der Waals surface area contributed by atoms with E-state index in [0.29, 0.717) is 27.9 Å². The molecular formula is C29H31ClN4O4. The van der Waals surface area contributed by atoms with Crippen molar-refractivity contribution in [3.05, 3.63) is 93.5 Å². The third-order valence-electron chi connectivity index (χ3n) is 5.67. The molecule has 8 nitrogen and oxygen atoms in total. The van der Waals surface area contributed by atoms with Crippen LogP contribution >= 0.6 is 11.6 Å². The van der Waals surface area contributed by atoms with Gasteiger partial charge in [0, 0.05) is 22.8 Å². The summed E-state index contributed by atoms with van der Waals surface area (Å²) in [7, 11) is 0. The van der Waals surface area contributed by atoms with Crippen molar-refractivity contribution in [2.24, 2.45) is 5.10 Å². The smallest absolute Gasteiger partial charge is 0.329 e. The third-order valence-corrected chi connectivity index (χ3v) is 5.91. The van der Waals surface area contributed by atoms with Gasteiger partial charge in [-0.25, -0.2) is 5.43 Å². The number of hydrazone groups is 1. The molecule has 38 heavy (non-hydrogen) atoms. The Morgan fingerprint density at radius 3 is 2.42 bits per heavy atom. The van der Waals surface area contributed by atoms with Crippen LogP contribution in [0.25, 0.3) is 0 Å². The number of amides is 3. The van der Waals surface area contributed by atoms with Gasteiger partial charge in [0.2, 0.25) is 0 Å². The highest BCUT2D eigenvalue weighted by Gasteiger charge is 2.13. The molecule has 0 saturated heterocycles. The van der Waals surface area contributed by atoms with Crippen molar-refractivity contribution in [1.29, 1.82) is 0 Å². The average molecular weight is 535 g/mol. The van der Waals surface area contributed by atoms with Crippen molar-refractivity contribution in [2.45, 2.75) is 40.2 Å². The molecule has 0 unspecified atom stereocenters. The fourth-order valence-electron chi connectivity index (χ4n) is 3.45. The molecule has 3 amide bonds. The normalized spacial score (nSPS) is 10.9. The summed E-state index contributed by atoms with van der Waals surface area (Å²) in [5.41, 5.74) is 7.35. The van der Waals surface area contributed by atoms with E-state index in [0.717, 1.165) is 16.7 Å². The van der Waals surface area contributed by atoms with E-state index in [1.807, 2.05) is 56.3 Å². The molecule has 0 saturated carbocycles. The van der Waals surface area contributed by atoms with Crippen LogP contribution in [0.1, 0.15) is 47.6 Å². The van der Waals surface area contributed by atoms with E-state index in [1.165, 1.54) is 11.8 Å². The summed E-state index contributed by atoms with van der Waals surface area (Å²) >= 11 is 6.09. The SMILES string of the molecule is Cc1ccc(C)c(NC(=O)COc2ccc(Cl)cc2/C=N\NC(=O)C(=O)NCc2ccc(C(C)C)cc2)c1. The summed E-state index contributed by atoms with van der Waals surface area (Å²) in [6.45, 7) is 8.02. The summed E-state index contributed by atoms with van der Waals surface area (Å²) in [5.74, 6) is -1.33. The Kier molecular flexibility index (Phi) is 10.0. The zero-order valence-corrected chi connectivity index (χ0v) is 22.6. The highest BCUT2D eigenvalue weighted by molar-refractivity contribution is 6.35. The van der Waals surface area contributed by atoms with Crippen molar-refractivity contribution in [3.8, 4) is 5.75 Å². The first-order valence-corrected chi connectivity index (χ1v) is 12.5. The molecule has 0 aliphatic carbocycles. The number of aryl methyl sites for hydroxylation is 2. The van der Waals surface area contributed by atoms with Crippen LogP contribution in [0.2, 0.25) is 5.02 Å². The summed E-state index contributed by atoms with van der Waals surface area (Å²) in [6.07, 6.45) is 1.29. The van der Waals surface area contributed by atoms with Crippen LogP contribution in [0.5, 0.6) is 5.75 Å². The van der Waals surface area contributed by atoms with Gasteiger partial charge in [-0.3, -0.25) is 14.4 Å². The zero-order valence-electron chi connectivity index (χ0n) is 21.8. The van der Waals surface area contributed by atoms with E-state index in [-0.39, 0.29) is 19.1 Å². The molecule has 0 aromatic heterocycles. The molecular weight excluding hydrogens is 504 g/mol. The Hall–Kier alpha value is -4.17. The van der Waals surface area contributed by atoms with Gasteiger partial charge in [-0.1, -0.05) is 61.8 Å². The van der Waals surface area contributed by atoms with Crippen molar-refractivity contribution in [2.75, 3.05) is 11.9 Å². The Bertz CT molecular complexity index is 1340. The summed E-state index contributed by atoms with van der Waals surface area (Å²) < 4.78 is 5.66. The van der Waals surface area contributed by atoms with Gasteiger partial charge in [0.1, 0.15) is 5.75 Å². The first-order chi connectivity index (χ1) is 18.1. The van der Waals surface area contributed by atoms with Crippen LogP contribution < -0.4 is 20.8 Å². The minimum absolute atomic E-state index is 0.213. The van der Waals surface area contributed by atoms with Crippen molar-refractivity contribution < 1.29 is 19.1 Å². The van der Waals surface area contributed by atoms with Crippen LogP contribution in [0.3, 0.4) is 0 Å². The largest absolute Gasteiger partial charge is 0.483 e. The average Bonchev–Trinajstić information content (AvgIpc) is 2.89. The maximum Gasteiger partial charge on any atom is 0.329 e. The number of ether oxygens (including phenoxy) is 1. The molecule has 3 N–H and O–H groups in total. The number of rotatable bonds is 9. The molecule has 9 heteroatoms. The molecule has 3 aromatic rings. The van der Waals surface area contributed by atoms with Gasteiger partial charge in [0.15, 0.2) is 6.61 Å². The van der Waals surface area contributed by atoms with Crippen LogP contribution in [-0.4, -0.2) is 30.5 Å². The van der Waals surface area contributed by atoms with Crippen LogP contribution in [0.4, 0.5) is 5.69 Å². The lowest BCUT2D eigenvalue weighted by atomic mass is 10.0. The molecule has 0 aliphatic rings. The van der Waals surface area contributed by atoms with Crippen LogP contribution in [-0.2, 0) is 20.9 Å². The lowest BCUT2D eigenvalue weighted by Gasteiger charge is -2.12. The topological polar surface area (TPSA) is 109 Å². The fraction of sp³-hybridized carbons (Fsp3) is 0.241. The number of nitrogens with one attached hydrogen (secondary N) is 3. The Labute approximate surface area is 227 Å². The number of hydrogen-bond acceptors (Lipinski definition) is 5. The highest BCUT2D eigenvalue weighted by Crippen LogP contribution is 2.22. The highest BCUT2D eigenvalue weighted by atomic mass is 35.5. The van der Waals surface area contributed by atoms with E-state index >= 15 is 0 Å². The zero-order chi connectivity index (χ0) is 27.7. The summed E-state index contributed by atoms with van der Waals surface area (Å²) in [4.78, 5) is 36.7. The van der Waals surface area contributed by atoms with Crippen molar-refractivity contribution in [1.82, 2.24) is 10.7 Å². The second-order valence-corrected chi connectivity index (χ2v) is 9.55. The molecule has 3 rings (SSSR count). The molecule has 0 atom stereocenters. The van der Waals surface area contributed by atoms with E-state index in [4.69, 9.17) is 16.3 Å². The second-order valence-electron chi connectivity index (χ2n) is 9.12. The van der Waals surface area contributed by atoms with Crippen molar-refractivity contribution >= 4 is 41.2 Å². The van der Waals surface area contributed by atoms with Crippen LogP contribution in [0, 0.1) is 13.8 Å². The Morgan fingerprint density at radius 1 is 0.974 bits per heavy atom. The molecule has 3 aromatic carbocycles. The summed E-state index contributed by atoms with van der Waals surface area (Å²) in [6, 6.07) is 18.4. The number of nitrogens with zero attached hydrogens (tertiary/aromatic N) is 1. The lowest BCUT2D eigenvalue weighted by molar-refractivity contribution is -0.139. The number of hydrogen-bond donors (Lipinski definition) is 3. The van der Waals surface area contributed by atoms with Gasteiger partial charge in [-0.2, -0.15) is 5.10 Å². The molecule has 0 spiro atoms. The number of carbonyl (C=O) groups is 3. The van der Waals surface area contributed by atoms with Gasteiger partial charge in [0.05, 0.1) is 6.21 Å². The standard InChI is InChI=1S/C29H31ClN4O4/c1-18(2)22-9-7-21(8-10-22)15-31-28(36)29(37)34-32-16-23-14-24(30)11-12-26(23)38-17-27(35)33-25-13-19(3)5-6-20(25)4/h5-14,16,18H,15,17H2,1-4H3,(H,31,36)(H,33,35)(H,34,37)/b32-16-. The van der Waals surface area contributed by atoms with Crippen LogP contribution in [0.15, 0.2) is 65.8 Å². The van der Waals surface area contributed by atoms with Gasteiger partial charge in [0.25, 0.3) is 5.91 Å². The fourth-order valence-corrected chi connectivity index (χ4v) is 3.63. The second kappa shape index (κ2) is 13.4. The van der Waals surface area contributed by atoms with Gasteiger partial charge in [-0.15, -0.1) is 0 Å². The molecule has 0 bridgehead atoms. The first kappa shape index (κ1) is 28.4. The van der Waals surface area contributed by atoms with E-state index < -0.39 is 11.8 Å². The third kappa shape index (κ3) is 8.45. The van der Waals surface area contributed by atoms with Gasteiger partial charge < -0.3 is 15.4 Å². The number of benzene rings is 3. The van der Waals surface area contributed by atoms with E-state index in [2.05, 4.69) is 35.0 Å². The van der Waals surface area contributed by atoms with E-state index in [1.54, 1.807) is 18.2 Å². The predicted octanol–water partition coefficient (Wildman–Crippen LogP) is 4.86. The number of anilines is 1. The Morgan fingerprint density at radius 2 is 1.71 bits per heavy atom. The maximum absolute atomic E-state index is 12.4. The van der Waals surface area contributed by atoms with Crippen molar-refractivity contribution in [3.63, 3.8) is 0 Å². The quantitative estimate of drug-likeness (QED) is 0.207. The summed E-state index contributed by atoms with van der Waals surface area (Å²) in [5, 5.41) is 9.64. The monoisotopic (exact) mass is 534 g/mol. The molecule has 0 radical (unpaired) electrons. The molecule has 0 aliphatic heterocycles. The molecule has 0 heterocycles. The molecule has 198 valence electrons. The minimum atomic E-state index is -0.919. The maximum atomic E-state index is 12.4. The minimum Gasteiger partial charge on any atom is -0.483 e. The first-order valence-electron chi connectivity index (χ1n) is 12.1. The van der Waals surface area contributed by atoms with Gasteiger partial charge in [-0.05, 0) is 66.3 Å². The number of carbonyl (C=O) groups excluding carboxylic acids is 3. The molecule has 0 fully saturated rings. The van der Waals surface area contributed by atoms with Gasteiger partial charge >= 0.3 is 11.8 Å². The predicted molar refractivity (Wildman–Crippen MR) is 150 cm³/mol. The lowest BCUT2D eigenvalue weighted by Crippen LogP contribution is -2.37.